The van der Waals surface area contributed by atoms with Crippen molar-refractivity contribution in [3.05, 3.63) is 24.0 Å². The quantitative estimate of drug-likeness (QED) is 0.829. The fraction of sp³-hybridized carbons (Fsp3) is 0.643. The molecule has 3 rings (SSSR count). The lowest BCUT2D eigenvalue weighted by Gasteiger charge is -2.28. The third-order valence-electron chi connectivity index (χ3n) is 4.32. The lowest BCUT2D eigenvalue weighted by molar-refractivity contribution is 0.0772. The van der Waals surface area contributed by atoms with Gasteiger partial charge in [0.1, 0.15) is 5.69 Å². The van der Waals surface area contributed by atoms with Crippen LogP contribution < -0.4 is 10.6 Å². The Kier molecular flexibility index (Phi) is 3.57. The Hall–Kier alpha value is -1.33. The summed E-state index contributed by atoms with van der Waals surface area (Å²) in [6, 6.07) is 3.71. The number of nitrogens with one attached hydrogen (secondary N) is 2. The second-order valence-corrected chi connectivity index (χ2v) is 5.50. The van der Waals surface area contributed by atoms with E-state index in [1.54, 1.807) is 0 Å². The first-order chi connectivity index (χ1) is 9.25. The normalized spacial score (nSPS) is 30.1. The number of aromatic nitrogens is 1. The number of piperidine rings is 1. The first-order valence-corrected chi connectivity index (χ1v) is 6.97. The topological polar surface area (TPSA) is 55.3 Å². The highest BCUT2D eigenvalue weighted by Crippen LogP contribution is 2.30. The minimum Gasteiger partial charge on any atom is -0.376 e. The van der Waals surface area contributed by atoms with E-state index in [9.17, 15) is 4.79 Å². The van der Waals surface area contributed by atoms with Crippen LogP contribution in [0.25, 0.3) is 0 Å². The number of carbonyl (C=O) groups excluding carboxylic acids is 1. The Morgan fingerprint density at radius 1 is 1.63 bits per heavy atom. The van der Waals surface area contributed by atoms with Crippen LogP contribution in [0.1, 0.15) is 16.9 Å². The van der Waals surface area contributed by atoms with E-state index < -0.39 is 0 Å². The monoisotopic (exact) mass is 263 g/mol. The minimum atomic E-state index is -0.0247. The molecular formula is C14H21N3O2. The molecule has 2 N–H and O–H groups in total. The molecule has 0 aliphatic carbocycles. The first-order valence-electron chi connectivity index (χ1n) is 6.97. The van der Waals surface area contributed by atoms with Crippen LogP contribution in [0.15, 0.2) is 18.3 Å². The van der Waals surface area contributed by atoms with Gasteiger partial charge in [0.2, 0.25) is 0 Å². The summed E-state index contributed by atoms with van der Waals surface area (Å²) in [6.45, 7) is 3.55. The number of rotatable bonds is 3. The highest BCUT2D eigenvalue weighted by molar-refractivity contribution is 5.92. The molecule has 0 bridgehead atoms. The molecule has 1 aromatic rings. The van der Waals surface area contributed by atoms with Crippen molar-refractivity contribution < 1.29 is 9.53 Å². The molecule has 0 radical (unpaired) electrons. The van der Waals surface area contributed by atoms with Gasteiger partial charge >= 0.3 is 0 Å². The van der Waals surface area contributed by atoms with E-state index >= 15 is 0 Å². The van der Waals surface area contributed by atoms with E-state index in [0.29, 0.717) is 24.1 Å². The number of aryl methyl sites for hydroxylation is 1. The lowest BCUT2D eigenvalue weighted by atomic mass is 9.85. The molecule has 2 saturated heterocycles. The molecule has 2 aliphatic rings. The van der Waals surface area contributed by atoms with Crippen molar-refractivity contribution in [1.82, 2.24) is 15.2 Å². The van der Waals surface area contributed by atoms with Crippen LogP contribution in [0.3, 0.4) is 0 Å². The highest BCUT2D eigenvalue weighted by Gasteiger charge is 2.38. The third kappa shape index (κ3) is 2.53. The number of hydrogen-bond donors (Lipinski definition) is 2. The summed E-state index contributed by atoms with van der Waals surface area (Å²) >= 11 is 0. The Labute approximate surface area is 113 Å². The molecule has 19 heavy (non-hydrogen) atoms. The van der Waals surface area contributed by atoms with E-state index in [1.807, 2.05) is 29.9 Å². The number of hydrogen-bond acceptors (Lipinski definition) is 3. The standard InChI is InChI=1S/C14H21N3O2/c1-17-6-2-3-12(17)14(18)16-8-13-11-7-15-5-4-10(11)9-19-13/h2-3,6,10-11,13,15H,4-5,7-9H2,1H3,(H,16,18)/t10-,11-,13+/m0/s1. The average Bonchev–Trinajstić information content (AvgIpc) is 3.02. The van der Waals surface area contributed by atoms with Crippen LogP contribution in [0.2, 0.25) is 0 Å². The van der Waals surface area contributed by atoms with Gasteiger partial charge in [-0.05, 0) is 31.0 Å². The summed E-state index contributed by atoms with van der Waals surface area (Å²) < 4.78 is 7.67. The summed E-state index contributed by atoms with van der Waals surface area (Å²) in [4.78, 5) is 12.0. The van der Waals surface area contributed by atoms with Crippen molar-refractivity contribution in [1.29, 1.82) is 0 Å². The third-order valence-corrected chi connectivity index (χ3v) is 4.32. The van der Waals surface area contributed by atoms with E-state index in [4.69, 9.17) is 4.74 Å². The molecule has 0 aromatic carbocycles. The molecule has 5 nitrogen and oxygen atoms in total. The highest BCUT2D eigenvalue weighted by atomic mass is 16.5. The molecule has 3 heterocycles. The molecular weight excluding hydrogens is 242 g/mol. The van der Waals surface area contributed by atoms with Crippen molar-refractivity contribution in [3.8, 4) is 0 Å². The van der Waals surface area contributed by atoms with Gasteiger partial charge in [0.05, 0.1) is 12.7 Å². The molecule has 2 fully saturated rings. The molecule has 0 spiro atoms. The second-order valence-electron chi connectivity index (χ2n) is 5.50. The molecule has 3 atom stereocenters. The van der Waals surface area contributed by atoms with Crippen LogP contribution in [-0.4, -0.2) is 42.8 Å². The van der Waals surface area contributed by atoms with Crippen LogP contribution >= 0.6 is 0 Å². The molecule has 1 aromatic heterocycles. The average molecular weight is 263 g/mol. The lowest BCUT2D eigenvalue weighted by Crippen LogP contribution is -2.43. The van der Waals surface area contributed by atoms with E-state index in [0.717, 1.165) is 19.7 Å². The van der Waals surface area contributed by atoms with E-state index in [2.05, 4.69) is 10.6 Å². The maximum Gasteiger partial charge on any atom is 0.267 e. The zero-order valence-electron chi connectivity index (χ0n) is 11.3. The number of ether oxygens (including phenoxy) is 1. The van der Waals surface area contributed by atoms with Gasteiger partial charge in [-0.1, -0.05) is 0 Å². The Morgan fingerprint density at radius 3 is 3.32 bits per heavy atom. The summed E-state index contributed by atoms with van der Waals surface area (Å²) in [5.74, 6) is 1.18. The van der Waals surface area contributed by atoms with Gasteiger partial charge < -0.3 is 19.9 Å². The van der Waals surface area contributed by atoms with Crippen LogP contribution in [0, 0.1) is 11.8 Å². The van der Waals surface area contributed by atoms with Gasteiger partial charge in [0, 0.05) is 32.3 Å². The van der Waals surface area contributed by atoms with Gasteiger partial charge in [-0.3, -0.25) is 4.79 Å². The fourth-order valence-electron chi connectivity index (χ4n) is 3.14. The van der Waals surface area contributed by atoms with E-state index in [-0.39, 0.29) is 12.0 Å². The van der Waals surface area contributed by atoms with Crippen molar-refractivity contribution in [3.63, 3.8) is 0 Å². The zero-order chi connectivity index (χ0) is 13.2. The van der Waals surface area contributed by atoms with Crippen molar-refractivity contribution >= 4 is 5.91 Å². The van der Waals surface area contributed by atoms with Crippen LogP contribution in [0.5, 0.6) is 0 Å². The number of fused-ring (bicyclic) bond motifs is 1. The largest absolute Gasteiger partial charge is 0.376 e. The van der Waals surface area contributed by atoms with Gasteiger partial charge in [-0.2, -0.15) is 0 Å². The SMILES string of the molecule is Cn1cccc1C(=O)NC[C@H]1OC[C@@H]2CCNC[C@@H]21. The second kappa shape index (κ2) is 5.35. The summed E-state index contributed by atoms with van der Waals surface area (Å²) in [5.41, 5.74) is 0.691. The minimum absolute atomic E-state index is 0.0247. The van der Waals surface area contributed by atoms with Gasteiger partial charge in [-0.15, -0.1) is 0 Å². The number of carbonyl (C=O) groups is 1. The molecule has 2 aliphatic heterocycles. The van der Waals surface area contributed by atoms with Crippen LogP contribution in [0.4, 0.5) is 0 Å². The molecule has 0 saturated carbocycles. The Balaban J connectivity index is 1.55. The maximum atomic E-state index is 12.0. The van der Waals surface area contributed by atoms with Gasteiger partial charge in [0.25, 0.3) is 5.91 Å². The Morgan fingerprint density at radius 2 is 2.53 bits per heavy atom. The summed E-state index contributed by atoms with van der Waals surface area (Å²) in [6.07, 6.45) is 3.22. The zero-order valence-corrected chi connectivity index (χ0v) is 11.3. The fourth-order valence-corrected chi connectivity index (χ4v) is 3.14. The Bertz CT molecular complexity index is 457. The first kappa shape index (κ1) is 12.7. The van der Waals surface area contributed by atoms with Gasteiger partial charge in [0.15, 0.2) is 0 Å². The summed E-state index contributed by atoms with van der Waals surface area (Å²) in [5, 5.41) is 6.40. The van der Waals surface area contributed by atoms with Crippen LogP contribution in [-0.2, 0) is 11.8 Å². The van der Waals surface area contributed by atoms with Crippen molar-refractivity contribution in [2.45, 2.75) is 12.5 Å². The number of amides is 1. The molecule has 1 amide bonds. The molecule has 104 valence electrons. The predicted molar refractivity (Wildman–Crippen MR) is 72.0 cm³/mol. The molecule has 5 heteroatoms. The molecule has 0 unspecified atom stereocenters. The van der Waals surface area contributed by atoms with Gasteiger partial charge in [-0.25, -0.2) is 0 Å². The predicted octanol–water partition coefficient (Wildman–Crippen LogP) is 0.379. The van der Waals surface area contributed by atoms with E-state index in [1.165, 1.54) is 6.42 Å². The van der Waals surface area contributed by atoms with Crippen molar-refractivity contribution in [2.75, 3.05) is 26.2 Å². The maximum absolute atomic E-state index is 12.0. The smallest absolute Gasteiger partial charge is 0.267 e. The summed E-state index contributed by atoms with van der Waals surface area (Å²) in [7, 11) is 1.88. The van der Waals surface area contributed by atoms with Crippen molar-refractivity contribution in [2.24, 2.45) is 18.9 Å². The number of nitrogens with zero attached hydrogens (tertiary/aromatic N) is 1.